The van der Waals surface area contributed by atoms with Crippen molar-refractivity contribution < 1.29 is 9.47 Å². The quantitative estimate of drug-likeness (QED) is 0.330. The highest BCUT2D eigenvalue weighted by Crippen LogP contribution is 2.43. The monoisotopic (exact) mass is 519 g/mol. The van der Waals surface area contributed by atoms with E-state index < -0.39 is 0 Å². The van der Waals surface area contributed by atoms with Gasteiger partial charge in [-0.2, -0.15) is 0 Å². The van der Waals surface area contributed by atoms with Crippen LogP contribution in [0.25, 0.3) is 21.9 Å². The topological polar surface area (TPSA) is 88.1 Å². The molecule has 0 amide bonds. The van der Waals surface area contributed by atoms with Gasteiger partial charge >= 0.3 is 0 Å². The van der Waals surface area contributed by atoms with Crippen LogP contribution >= 0.6 is 27.7 Å². The average molecular weight is 520 g/mol. The summed E-state index contributed by atoms with van der Waals surface area (Å²) in [5.74, 6) is 1.82. The molecule has 164 valence electrons. The summed E-state index contributed by atoms with van der Waals surface area (Å²) in [6.07, 6.45) is 2.31. The standard InChI is InChI=1S/C24H18BrN5O2S/c25-17-10-18-19(32-13-31-18)11-20(17)33-24-29-21-22(26)27-12-28-23(21)30(24)9-8-15-6-3-5-14-4-1-2-7-16(14)15/h1-7,10-12H,8-9,13H2,(H2,26,27,28). The van der Waals surface area contributed by atoms with E-state index in [1.54, 1.807) is 0 Å². The van der Waals surface area contributed by atoms with Crippen molar-refractivity contribution in [3.63, 3.8) is 0 Å². The van der Waals surface area contributed by atoms with Gasteiger partial charge in [-0.25, -0.2) is 15.0 Å². The van der Waals surface area contributed by atoms with Gasteiger partial charge < -0.3 is 19.8 Å². The Morgan fingerprint density at radius 3 is 2.76 bits per heavy atom. The summed E-state index contributed by atoms with van der Waals surface area (Å²) in [5.41, 5.74) is 8.74. The largest absolute Gasteiger partial charge is 0.454 e. The molecule has 0 aliphatic carbocycles. The van der Waals surface area contributed by atoms with Crippen LogP contribution in [0.3, 0.4) is 0 Å². The summed E-state index contributed by atoms with van der Waals surface area (Å²) >= 11 is 5.17. The fourth-order valence-electron chi connectivity index (χ4n) is 4.03. The predicted molar refractivity (Wildman–Crippen MR) is 132 cm³/mol. The lowest BCUT2D eigenvalue weighted by molar-refractivity contribution is 0.174. The number of anilines is 1. The van der Waals surface area contributed by atoms with Crippen LogP contribution in [0.2, 0.25) is 0 Å². The summed E-state index contributed by atoms with van der Waals surface area (Å²) in [5, 5.41) is 3.28. The van der Waals surface area contributed by atoms with Crippen LogP contribution in [0, 0.1) is 0 Å². The molecule has 7 nitrogen and oxygen atoms in total. The van der Waals surface area contributed by atoms with E-state index in [0.29, 0.717) is 17.9 Å². The Bertz CT molecular complexity index is 1520. The zero-order valence-electron chi connectivity index (χ0n) is 17.4. The second-order valence-electron chi connectivity index (χ2n) is 7.60. The van der Waals surface area contributed by atoms with E-state index >= 15 is 0 Å². The third kappa shape index (κ3) is 3.67. The van der Waals surface area contributed by atoms with E-state index in [2.05, 4.69) is 72.9 Å². The number of hydrogen-bond donors (Lipinski definition) is 1. The van der Waals surface area contributed by atoms with Gasteiger partial charge in [0.25, 0.3) is 0 Å². The summed E-state index contributed by atoms with van der Waals surface area (Å²) in [6.45, 7) is 0.928. The van der Waals surface area contributed by atoms with Gasteiger partial charge in [0, 0.05) is 15.9 Å². The van der Waals surface area contributed by atoms with Crippen molar-refractivity contribution >= 4 is 55.4 Å². The van der Waals surface area contributed by atoms with E-state index in [4.69, 9.17) is 20.2 Å². The summed E-state index contributed by atoms with van der Waals surface area (Å²) in [6, 6.07) is 18.7. The summed E-state index contributed by atoms with van der Waals surface area (Å²) in [7, 11) is 0. The normalized spacial score (nSPS) is 12.6. The van der Waals surface area contributed by atoms with Crippen LogP contribution in [0.4, 0.5) is 5.82 Å². The summed E-state index contributed by atoms with van der Waals surface area (Å²) < 4.78 is 14.1. The van der Waals surface area contributed by atoms with Gasteiger partial charge in [-0.1, -0.05) is 54.2 Å². The molecule has 3 heterocycles. The van der Waals surface area contributed by atoms with Gasteiger partial charge in [-0.3, -0.25) is 0 Å². The molecule has 0 spiro atoms. The maximum atomic E-state index is 6.14. The van der Waals surface area contributed by atoms with Crippen molar-refractivity contribution in [1.82, 2.24) is 19.5 Å². The molecule has 0 radical (unpaired) electrons. The summed E-state index contributed by atoms with van der Waals surface area (Å²) in [4.78, 5) is 14.4. The molecule has 0 saturated heterocycles. The number of fused-ring (bicyclic) bond motifs is 3. The van der Waals surface area contributed by atoms with E-state index in [9.17, 15) is 0 Å². The first kappa shape index (κ1) is 20.3. The van der Waals surface area contributed by atoms with E-state index in [-0.39, 0.29) is 6.79 Å². The first-order valence-corrected chi connectivity index (χ1v) is 12.0. The Hall–Kier alpha value is -3.30. The molecule has 1 aliphatic rings. The van der Waals surface area contributed by atoms with Crippen LogP contribution in [-0.2, 0) is 13.0 Å². The van der Waals surface area contributed by atoms with Gasteiger partial charge in [-0.05, 0) is 50.8 Å². The average Bonchev–Trinajstić information content (AvgIpc) is 3.42. The predicted octanol–water partition coefficient (Wildman–Crippen LogP) is 5.45. The third-order valence-corrected chi connectivity index (χ3v) is 7.61. The number of imidazole rings is 1. The lowest BCUT2D eigenvalue weighted by Gasteiger charge is -2.11. The van der Waals surface area contributed by atoms with Gasteiger partial charge in [0.15, 0.2) is 33.6 Å². The Labute approximate surface area is 202 Å². The second kappa shape index (κ2) is 8.24. The lowest BCUT2D eigenvalue weighted by atomic mass is 10.0. The Morgan fingerprint density at radius 2 is 1.85 bits per heavy atom. The van der Waals surface area contributed by atoms with Crippen LogP contribution in [0.5, 0.6) is 11.5 Å². The third-order valence-electron chi connectivity index (χ3n) is 5.64. The number of halogens is 1. The maximum absolute atomic E-state index is 6.14. The smallest absolute Gasteiger partial charge is 0.231 e. The van der Waals surface area contributed by atoms with Gasteiger partial charge in [-0.15, -0.1) is 0 Å². The molecule has 5 aromatic rings. The van der Waals surface area contributed by atoms with Crippen molar-refractivity contribution in [3.8, 4) is 11.5 Å². The Kier molecular flexibility index (Phi) is 5.07. The molecule has 0 saturated carbocycles. The van der Waals surface area contributed by atoms with Crippen molar-refractivity contribution in [1.29, 1.82) is 0 Å². The molecule has 6 rings (SSSR count). The van der Waals surface area contributed by atoms with Crippen LogP contribution in [0.15, 0.2) is 75.4 Å². The van der Waals surface area contributed by atoms with Gasteiger partial charge in [0.2, 0.25) is 6.79 Å². The molecule has 2 N–H and O–H groups in total. The van der Waals surface area contributed by atoms with Crippen LogP contribution in [-0.4, -0.2) is 26.3 Å². The SMILES string of the molecule is Nc1ncnc2c1nc(Sc1cc3c(cc1Br)OCO3)n2CCc1cccc2ccccc12. The molecule has 0 bridgehead atoms. The van der Waals surface area contributed by atoms with Crippen molar-refractivity contribution in [2.75, 3.05) is 12.5 Å². The number of benzene rings is 3. The first-order valence-electron chi connectivity index (χ1n) is 10.4. The zero-order chi connectivity index (χ0) is 22.4. The molecule has 0 unspecified atom stereocenters. The number of aromatic nitrogens is 4. The van der Waals surface area contributed by atoms with Crippen molar-refractivity contribution in [3.05, 3.63) is 71.0 Å². The first-order chi connectivity index (χ1) is 16.2. The van der Waals surface area contributed by atoms with Gasteiger partial charge in [0.1, 0.15) is 6.33 Å². The van der Waals surface area contributed by atoms with E-state index in [1.807, 2.05) is 12.1 Å². The highest BCUT2D eigenvalue weighted by molar-refractivity contribution is 9.10. The maximum Gasteiger partial charge on any atom is 0.231 e. The number of hydrogen-bond acceptors (Lipinski definition) is 7. The second-order valence-corrected chi connectivity index (χ2v) is 9.47. The fraction of sp³-hybridized carbons (Fsp3) is 0.125. The Morgan fingerprint density at radius 1 is 1.03 bits per heavy atom. The molecule has 33 heavy (non-hydrogen) atoms. The number of nitrogen functional groups attached to an aromatic ring is 1. The molecule has 0 fully saturated rings. The molecule has 3 aromatic carbocycles. The van der Waals surface area contributed by atoms with Gasteiger partial charge in [0.05, 0.1) is 0 Å². The van der Waals surface area contributed by atoms with Crippen LogP contribution in [0.1, 0.15) is 5.56 Å². The number of nitrogens with two attached hydrogens (primary N) is 1. The molecule has 2 aromatic heterocycles. The number of ether oxygens (including phenoxy) is 2. The highest BCUT2D eigenvalue weighted by Gasteiger charge is 2.21. The minimum Gasteiger partial charge on any atom is -0.454 e. The van der Waals surface area contributed by atoms with Crippen molar-refractivity contribution in [2.24, 2.45) is 0 Å². The lowest BCUT2D eigenvalue weighted by Crippen LogP contribution is -2.05. The fourth-order valence-corrected chi connectivity index (χ4v) is 5.54. The van der Waals surface area contributed by atoms with E-state index in [0.717, 1.165) is 38.1 Å². The van der Waals surface area contributed by atoms with Crippen LogP contribution < -0.4 is 15.2 Å². The number of aryl methyl sites for hydroxylation is 2. The molecule has 0 atom stereocenters. The minimum absolute atomic E-state index is 0.228. The molecule has 1 aliphatic heterocycles. The number of nitrogens with zero attached hydrogens (tertiary/aromatic N) is 4. The van der Waals surface area contributed by atoms with Crippen molar-refractivity contribution in [2.45, 2.75) is 23.0 Å². The number of rotatable bonds is 5. The van der Waals surface area contributed by atoms with E-state index in [1.165, 1.54) is 34.4 Å². The highest BCUT2D eigenvalue weighted by atomic mass is 79.9. The molecular weight excluding hydrogens is 502 g/mol. The molecule has 9 heteroatoms. The molecular formula is C24H18BrN5O2S. The zero-order valence-corrected chi connectivity index (χ0v) is 19.8. The minimum atomic E-state index is 0.228. The Balaban J connectivity index is 1.40.